The first-order chi connectivity index (χ1) is 11.5. The lowest BCUT2D eigenvalue weighted by Gasteiger charge is -2.36. The molecule has 2 heterocycles. The number of nitrogens with one attached hydrogen (secondary N) is 2. The van der Waals surface area contributed by atoms with Gasteiger partial charge in [-0.1, -0.05) is 0 Å². The Labute approximate surface area is 149 Å². The molecule has 7 heteroatoms. The number of ether oxygens (including phenoxy) is 1. The van der Waals surface area contributed by atoms with E-state index in [1.54, 1.807) is 0 Å². The average molecular weight is 354 g/mol. The van der Waals surface area contributed by atoms with Crippen LogP contribution in [0.5, 0.6) is 0 Å². The van der Waals surface area contributed by atoms with Crippen LogP contribution in [0.1, 0.15) is 36.7 Å². The number of aryl methyl sites for hydroxylation is 2. The summed E-state index contributed by atoms with van der Waals surface area (Å²) in [6, 6.07) is 0. The molecular formula is C17H31N5OS. The largest absolute Gasteiger partial charge is 0.381 e. The third kappa shape index (κ3) is 4.66. The van der Waals surface area contributed by atoms with E-state index in [0.29, 0.717) is 6.54 Å². The highest BCUT2D eigenvalue weighted by molar-refractivity contribution is 8.00. The van der Waals surface area contributed by atoms with E-state index in [4.69, 9.17) is 9.73 Å². The fraction of sp³-hybridized carbons (Fsp3) is 0.765. The zero-order chi connectivity index (χ0) is 17.6. The quantitative estimate of drug-likeness (QED) is 0.605. The molecule has 0 amide bonds. The highest BCUT2D eigenvalue weighted by Gasteiger charge is 2.31. The van der Waals surface area contributed by atoms with Gasteiger partial charge in [0.2, 0.25) is 0 Å². The van der Waals surface area contributed by atoms with E-state index in [1.165, 1.54) is 11.3 Å². The molecule has 1 saturated heterocycles. The number of hydrogen-bond donors (Lipinski definition) is 2. The van der Waals surface area contributed by atoms with Crippen LogP contribution in [-0.2, 0) is 18.3 Å². The Morgan fingerprint density at radius 2 is 2.04 bits per heavy atom. The zero-order valence-electron chi connectivity index (χ0n) is 15.6. The SMILES string of the molecule is CCNC(=NCc1c(C)nn(C)c1C)NCC1(SC)CCOCC1. The average Bonchev–Trinajstić information content (AvgIpc) is 2.83. The minimum Gasteiger partial charge on any atom is -0.381 e. The molecule has 6 nitrogen and oxygen atoms in total. The van der Waals surface area contributed by atoms with Gasteiger partial charge in [-0.25, -0.2) is 4.99 Å². The predicted molar refractivity (Wildman–Crippen MR) is 102 cm³/mol. The second-order valence-corrected chi connectivity index (χ2v) is 7.60. The lowest BCUT2D eigenvalue weighted by atomic mass is 9.99. The smallest absolute Gasteiger partial charge is 0.191 e. The topological polar surface area (TPSA) is 63.5 Å². The molecule has 0 saturated carbocycles. The monoisotopic (exact) mass is 353 g/mol. The molecule has 1 aromatic heterocycles. The van der Waals surface area contributed by atoms with Crippen molar-refractivity contribution in [3.05, 3.63) is 17.0 Å². The Balaban J connectivity index is 2.02. The van der Waals surface area contributed by atoms with E-state index >= 15 is 0 Å². The highest BCUT2D eigenvalue weighted by Crippen LogP contribution is 2.32. The summed E-state index contributed by atoms with van der Waals surface area (Å²) < 4.78 is 7.69. The number of hydrogen-bond acceptors (Lipinski definition) is 4. The fourth-order valence-corrected chi connectivity index (χ4v) is 3.78. The van der Waals surface area contributed by atoms with E-state index < -0.39 is 0 Å². The number of aromatic nitrogens is 2. The molecule has 136 valence electrons. The van der Waals surface area contributed by atoms with Crippen LogP contribution in [0.25, 0.3) is 0 Å². The van der Waals surface area contributed by atoms with Crippen LogP contribution in [0, 0.1) is 13.8 Å². The summed E-state index contributed by atoms with van der Waals surface area (Å²) in [5.74, 6) is 0.875. The zero-order valence-corrected chi connectivity index (χ0v) is 16.4. The molecule has 1 aliphatic rings. The van der Waals surface area contributed by atoms with Gasteiger partial charge in [0.05, 0.1) is 12.2 Å². The third-order valence-electron chi connectivity index (χ3n) is 4.81. The summed E-state index contributed by atoms with van der Waals surface area (Å²) in [5, 5.41) is 11.4. The maximum atomic E-state index is 5.52. The molecule has 1 aromatic rings. The van der Waals surface area contributed by atoms with Gasteiger partial charge >= 0.3 is 0 Å². The molecule has 0 spiro atoms. The van der Waals surface area contributed by atoms with Gasteiger partial charge in [0.25, 0.3) is 0 Å². The van der Waals surface area contributed by atoms with Crippen molar-refractivity contribution in [3.63, 3.8) is 0 Å². The van der Waals surface area contributed by atoms with E-state index in [2.05, 4.69) is 35.8 Å². The van der Waals surface area contributed by atoms with Gasteiger partial charge in [-0.2, -0.15) is 16.9 Å². The van der Waals surface area contributed by atoms with Gasteiger partial charge in [0.1, 0.15) is 0 Å². The van der Waals surface area contributed by atoms with Crippen molar-refractivity contribution in [2.24, 2.45) is 12.0 Å². The molecule has 0 bridgehead atoms. The molecule has 24 heavy (non-hydrogen) atoms. The van der Waals surface area contributed by atoms with Crippen molar-refractivity contribution < 1.29 is 4.74 Å². The summed E-state index contributed by atoms with van der Waals surface area (Å²) in [4.78, 5) is 4.77. The molecule has 0 aromatic carbocycles. The summed E-state index contributed by atoms with van der Waals surface area (Å²) in [6.07, 6.45) is 4.36. The van der Waals surface area contributed by atoms with Crippen LogP contribution in [0.15, 0.2) is 4.99 Å². The molecule has 2 N–H and O–H groups in total. The van der Waals surface area contributed by atoms with Crippen molar-refractivity contribution >= 4 is 17.7 Å². The maximum Gasteiger partial charge on any atom is 0.191 e. The first kappa shape index (κ1) is 19.1. The fourth-order valence-electron chi connectivity index (χ4n) is 2.99. The number of nitrogens with zero attached hydrogens (tertiary/aromatic N) is 3. The Kier molecular flexibility index (Phi) is 6.98. The van der Waals surface area contributed by atoms with Crippen LogP contribution in [0.2, 0.25) is 0 Å². The third-order valence-corrected chi connectivity index (χ3v) is 6.23. The molecule has 1 fully saturated rings. The van der Waals surface area contributed by atoms with E-state index in [-0.39, 0.29) is 4.75 Å². The summed E-state index contributed by atoms with van der Waals surface area (Å²) in [6.45, 7) is 10.3. The Morgan fingerprint density at radius 3 is 2.58 bits per heavy atom. The highest BCUT2D eigenvalue weighted by atomic mass is 32.2. The Hall–Kier alpha value is -1.21. The minimum absolute atomic E-state index is 0.245. The predicted octanol–water partition coefficient (Wildman–Crippen LogP) is 2.00. The number of thioether (sulfide) groups is 1. The molecule has 0 unspecified atom stereocenters. The van der Waals surface area contributed by atoms with Gasteiger partial charge < -0.3 is 15.4 Å². The van der Waals surface area contributed by atoms with E-state index in [1.807, 2.05) is 30.4 Å². The van der Waals surface area contributed by atoms with Gasteiger partial charge in [0.15, 0.2) is 5.96 Å². The van der Waals surface area contributed by atoms with Crippen LogP contribution in [-0.4, -0.2) is 53.0 Å². The normalized spacial score (nSPS) is 17.8. The molecule has 0 aliphatic carbocycles. The standard InChI is InChI=1S/C17H31N5OS/c1-6-18-16(19-11-15-13(2)21-22(4)14(15)3)20-12-17(24-5)7-9-23-10-8-17/h6-12H2,1-5H3,(H2,18,19,20). The lowest BCUT2D eigenvalue weighted by molar-refractivity contribution is 0.0783. The Morgan fingerprint density at radius 1 is 1.33 bits per heavy atom. The Bertz CT molecular complexity index is 564. The van der Waals surface area contributed by atoms with E-state index in [0.717, 1.165) is 50.8 Å². The van der Waals surface area contributed by atoms with Gasteiger partial charge in [0, 0.05) is 49.4 Å². The van der Waals surface area contributed by atoms with Crippen LogP contribution < -0.4 is 10.6 Å². The van der Waals surface area contributed by atoms with Crippen LogP contribution in [0.3, 0.4) is 0 Å². The number of guanidine groups is 1. The van der Waals surface area contributed by atoms with Crippen molar-refractivity contribution in [3.8, 4) is 0 Å². The molecule has 0 atom stereocenters. The van der Waals surface area contributed by atoms with Crippen LogP contribution in [0.4, 0.5) is 0 Å². The van der Waals surface area contributed by atoms with Gasteiger partial charge in [-0.3, -0.25) is 4.68 Å². The summed E-state index contributed by atoms with van der Waals surface area (Å²) in [5.41, 5.74) is 3.44. The first-order valence-electron chi connectivity index (χ1n) is 8.65. The lowest BCUT2D eigenvalue weighted by Crippen LogP contribution is -2.47. The van der Waals surface area contributed by atoms with Crippen molar-refractivity contribution in [2.45, 2.75) is 44.9 Å². The van der Waals surface area contributed by atoms with Crippen molar-refractivity contribution in [1.29, 1.82) is 0 Å². The maximum absolute atomic E-state index is 5.52. The molecule has 0 radical (unpaired) electrons. The second kappa shape index (κ2) is 8.76. The molecule has 1 aliphatic heterocycles. The van der Waals surface area contributed by atoms with Gasteiger partial charge in [-0.05, 0) is 39.9 Å². The molecular weight excluding hydrogens is 322 g/mol. The molecule has 2 rings (SSSR count). The van der Waals surface area contributed by atoms with Crippen LogP contribution >= 0.6 is 11.8 Å². The minimum atomic E-state index is 0.245. The van der Waals surface area contributed by atoms with Crippen molar-refractivity contribution in [1.82, 2.24) is 20.4 Å². The second-order valence-electron chi connectivity index (χ2n) is 6.32. The van der Waals surface area contributed by atoms with Crippen molar-refractivity contribution in [2.75, 3.05) is 32.6 Å². The summed E-state index contributed by atoms with van der Waals surface area (Å²) >= 11 is 1.94. The number of aliphatic imine (C=N–C) groups is 1. The first-order valence-corrected chi connectivity index (χ1v) is 9.88. The van der Waals surface area contributed by atoms with Gasteiger partial charge in [-0.15, -0.1) is 0 Å². The van der Waals surface area contributed by atoms with E-state index in [9.17, 15) is 0 Å². The number of rotatable bonds is 6. The summed E-state index contributed by atoms with van der Waals surface area (Å²) in [7, 11) is 1.98.